The maximum absolute atomic E-state index is 13.9. The minimum atomic E-state index is -4.66. The molecule has 1 atom stereocenters. The topological polar surface area (TPSA) is 98.7 Å². The molecule has 1 spiro atoms. The highest BCUT2D eigenvalue weighted by Crippen LogP contribution is 2.53. The van der Waals surface area contributed by atoms with E-state index in [1.807, 2.05) is 6.92 Å². The number of nitrogens with zero attached hydrogens (tertiary/aromatic N) is 4. The Bertz CT molecular complexity index is 1400. The molecule has 3 fully saturated rings. The molecule has 0 bridgehead atoms. The van der Waals surface area contributed by atoms with Crippen molar-refractivity contribution in [1.29, 1.82) is 0 Å². The van der Waals surface area contributed by atoms with Crippen LogP contribution in [0.1, 0.15) is 76.8 Å². The number of halogens is 3. The first-order valence-electron chi connectivity index (χ1n) is 14.9. The van der Waals surface area contributed by atoms with Crippen LogP contribution < -0.4 is 10.2 Å². The predicted molar refractivity (Wildman–Crippen MR) is 157 cm³/mol. The number of aryl methyl sites for hydroxylation is 1. The van der Waals surface area contributed by atoms with Crippen molar-refractivity contribution in [3.63, 3.8) is 0 Å². The zero-order valence-corrected chi connectivity index (χ0v) is 25.7. The molecule has 0 radical (unpaired) electrons. The predicted octanol–water partition coefficient (Wildman–Crippen LogP) is 5.72. The van der Waals surface area contributed by atoms with Crippen molar-refractivity contribution in [2.24, 2.45) is 5.41 Å². The van der Waals surface area contributed by atoms with Gasteiger partial charge >= 0.3 is 6.18 Å². The SMILES string of the molecule is CCC1(O)CCCN(c2nc(Nc3ccc(S(=O)(=O)C4CC5(CCN(C(C)C)CC5)C4)cc3C)ncc2C(F)(F)F)C1. The number of likely N-dealkylation sites (tertiary alicyclic amines) is 1. The molecule has 1 saturated carbocycles. The standard InChI is InChI=1S/C30H42F3N5O3S/c1-5-29(39)9-6-12-38(19-29)26-24(30(31,32)33)18-34-27(36-26)35-25-8-7-22(15-21(25)4)42(40,41)23-16-28(17-23)10-13-37(14-11-28)20(2)3/h7-8,15,18,20,23,39H,5-6,9-14,16-17,19H2,1-4H3,(H,34,35,36). The molecule has 8 nitrogen and oxygen atoms in total. The normalized spacial score (nSPS) is 23.8. The molecule has 1 aliphatic carbocycles. The van der Waals surface area contributed by atoms with E-state index in [0.717, 1.165) is 32.1 Å². The fourth-order valence-corrected chi connectivity index (χ4v) is 8.90. The number of rotatable bonds is 7. The number of alkyl halides is 3. The number of nitrogens with one attached hydrogen (secondary N) is 1. The number of hydrogen-bond acceptors (Lipinski definition) is 8. The van der Waals surface area contributed by atoms with Crippen LogP contribution in [0.2, 0.25) is 0 Å². The van der Waals surface area contributed by atoms with Crippen LogP contribution in [0, 0.1) is 12.3 Å². The third-order valence-electron chi connectivity index (χ3n) is 9.71. The highest BCUT2D eigenvalue weighted by molar-refractivity contribution is 7.92. The Hall–Kier alpha value is -2.44. The Morgan fingerprint density at radius 3 is 2.43 bits per heavy atom. The van der Waals surface area contributed by atoms with Gasteiger partial charge < -0.3 is 20.2 Å². The lowest BCUT2D eigenvalue weighted by Gasteiger charge is -2.52. The highest BCUT2D eigenvalue weighted by Gasteiger charge is 2.51. The zero-order chi connectivity index (χ0) is 30.5. The van der Waals surface area contributed by atoms with Gasteiger partial charge in [-0.1, -0.05) is 6.92 Å². The summed E-state index contributed by atoms with van der Waals surface area (Å²) in [6, 6.07) is 5.28. The summed E-state index contributed by atoms with van der Waals surface area (Å²) in [6.07, 6.45) is 1.02. The lowest BCUT2D eigenvalue weighted by Crippen LogP contribution is -2.52. The Labute approximate surface area is 246 Å². The molecule has 2 saturated heterocycles. The van der Waals surface area contributed by atoms with Crippen molar-refractivity contribution >= 4 is 27.3 Å². The van der Waals surface area contributed by atoms with Gasteiger partial charge in [0.25, 0.3) is 0 Å². The second-order valence-electron chi connectivity index (χ2n) is 12.8. The summed E-state index contributed by atoms with van der Waals surface area (Å²) in [5, 5.41) is 13.4. The average Bonchev–Trinajstić information content (AvgIpc) is 2.92. The monoisotopic (exact) mass is 609 g/mol. The van der Waals surface area contributed by atoms with Crippen LogP contribution in [0.3, 0.4) is 0 Å². The number of aliphatic hydroxyl groups is 1. The average molecular weight is 610 g/mol. The number of aromatic nitrogens is 2. The van der Waals surface area contributed by atoms with Gasteiger partial charge in [0, 0.05) is 31.0 Å². The minimum absolute atomic E-state index is 0.0315. The first-order valence-corrected chi connectivity index (χ1v) is 16.5. The van der Waals surface area contributed by atoms with Crippen LogP contribution in [0.5, 0.6) is 0 Å². The summed E-state index contributed by atoms with van der Waals surface area (Å²) >= 11 is 0. The summed E-state index contributed by atoms with van der Waals surface area (Å²) in [5.74, 6) is -0.308. The quantitative estimate of drug-likeness (QED) is 0.412. The molecule has 42 heavy (non-hydrogen) atoms. The van der Waals surface area contributed by atoms with Gasteiger partial charge in [-0.3, -0.25) is 0 Å². The fourth-order valence-electron chi connectivity index (χ4n) is 6.77. The van der Waals surface area contributed by atoms with Crippen LogP contribution in [-0.4, -0.2) is 71.5 Å². The molecule has 12 heteroatoms. The fraction of sp³-hybridized carbons (Fsp3) is 0.667. The van der Waals surface area contributed by atoms with Crippen LogP contribution >= 0.6 is 0 Å². The number of anilines is 3. The molecule has 232 valence electrons. The van der Waals surface area contributed by atoms with Crippen LogP contribution in [-0.2, 0) is 16.0 Å². The van der Waals surface area contributed by atoms with E-state index in [4.69, 9.17) is 0 Å². The number of benzene rings is 1. The maximum atomic E-state index is 13.9. The van der Waals surface area contributed by atoms with Crippen molar-refractivity contribution in [2.75, 3.05) is 36.4 Å². The van der Waals surface area contributed by atoms with Crippen molar-refractivity contribution in [1.82, 2.24) is 14.9 Å². The van der Waals surface area contributed by atoms with Crippen LogP contribution in [0.15, 0.2) is 29.3 Å². The van der Waals surface area contributed by atoms with Crippen LogP contribution in [0.25, 0.3) is 0 Å². The summed E-state index contributed by atoms with van der Waals surface area (Å²) < 4.78 is 68.6. The molecular formula is C30H42F3N5O3S. The maximum Gasteiger partial charge on any atom is 0.421 e. The third-order valence-corrected chi connectivity index (χ3v) is 11.8. The third kappa shape index (κ3) is 6.12. The summed E-state index contributed by atoms with van der Waals surface area (Å²) in [5.41, 5.74) is -0.783. The van der Waals surface area contributed by atoms with Crippen molar-refractivity contribution in [3.8, 4) is 0 Å². The Morgan fingerprint density at radius 2 is 1.83 bits per heavy atom. The lowest BCUT2D eigenvalue weighted by atomic mass is 9.63. The van der Waals surface area contributed by atoms with E-state index in [9.17, 15) is 26.7 Å². The molecule has 2 aromatic rings. The molecule has 3 aliphatic rings. The first kappa shape index (κ1) is 31.0. The Morgan fingerprint density at radius 1 is 1.14 bits per heavy atom. The first-order chi connectivity index (χ1) is 19.6. The molecule has 1 unspecified atom stereocenters. The van der Waals surface area contributed by atoms with Gasteiger partial charge in [0.05, 0.1) is 15.7 Å². The van der Waals surface area contributed by atoms with Gasteiger partial charge in [0.15, 0.2) is 9.84 Å². The van der Waals surface area contributed by atoms with Gasteiger partial charge in [-0.05, 0) is 108 Å². The van der Waals surface area contributed by atoms with Gasteiger partial charge in [0.1, 0.15) is 11.4 Å². The van der Waals surface area contributed by atoms with E-state index in [-0.39, 0.29) is 28.6 Å². The summed E-state index contributed by atoms with van der Waals surface area (Å²) in [7, 11) is -3.50. The minimum Gasteiger partial charge on any atom is -0.388 e. The van der Waals surface area contributed by atoms with E-state index in [1.165, 1.54) is 4.90 Å². The largest absolute Gasteiger partial charge is 0.421 e. The zero-order valence-electron chi connectivity index (χ0n) is 24.8. The van der Waals surface area contributed by atoms with E-state index < -0.39 is 32.4 Å². The highest BCUT2D eigenvalue weighted by atomic mass is 32.2. The second kappa shape index (κ2) is 11.2. The summed E-state index contributed by atoms with van der Waals surface area (Å²) in [6.45, 7) is 10.4. The van der Waals surface area contributed by atoms with E-state index in [0.29, 0.717) is 55.9 Å². The molecule has 1 aromatic carbocycles. The van der Waals surface area contributed by atoms with Gasteiger partial charge in [0.2, 0.25) is 5.95 Å². The van der Waals surface area contributed by atoms with E-state index >= 15 is 0 Å². The smallest absolute Gasteiger partial charge is 0.388 e. The van der Waals surface area contributed by atoms with Crippen LogP contribution in [0.4, 0.5) is 30.6 Å². The molecule has 2 N–H and O–H groups in total. The summed E-state index contributed by atoms with van der Waals surface area (Å²) in [4.78, 5) is 12.3. The Kier molecular flexibility index (Phi) is 8.30. The van der Waals surface area contributed by atoms with Crippen molar-refractivity contribution < 1.29 is 26.7 Å². The molecule has 2 aliphatic heterocycles. The Balaban J connectivity index is 1.31. The van der Waals surface area contributed by atoms with Gasteiger partial charge in [-0.2, -0.15) is 18.2 Å². The van der Waals surface area contributed by atoms with Crippen molar-refractivity contribution in [3.05, 3.63) is 35.5 Å². The number of piperidine rings is 2. The number of hydrogen-bond donors (Lipinski definition) is 2. The lowest BCUT2D eigenvalue weighted by molar-refractivity contribution is -0.137. The van der Waals surface area contributed by atoms with Gasteiger partial charge in [-0.15, -0.1) is 0 Å². The molecule has 3 heterocycles. The van der Waals surface area contributed by atoms with Gasteiger partial charge in [-0.25, -0.2) is 13.4 Å². The van der Waals surface area contributed by atoms with E-state index in [2.05, 4.69) is 34.0 Å². The van der Waals surface area contributed by atoms with Crippen molar-refractivity contribution in [2.45, 2.75) is 101 Å². The molecule has 0 amide bonds. The van der Waals surface area contributed by atoms with E-state index in [1.54, 1.807) is 25.1 Å². The number of sulfone groups is 1. The molecule has 1 aromatic heterocycles. The second-order valence-corrected chi connectivity index (χ2v) is 15.1. The molecule has 5 rings (SSSR count). The molecular weight excluding hydrogens is 567 g/mol. The number of β-amino-alcohol motifs (C(OH)–C–C–N with tert-alkyl or cyclic N) is 1.